The molecule has 0 aliphatic carbocycles. The van der Waals surface area contributed by atoms with Crippen molar-refractivity contribution in [2.75, 3.05) is 66.0 Å². The van der Waals surface area contributed by atoms with Gasteiger partial charge in [-0.3, -0.25) is 19.4 Å². The van der Waals surface area contributed by atoms with Gasteiger partial charge in [0.1, 0.15) is 5.75 Å². The van der Waals surface area contributed by atoms with E-state index in [1.54, 1.807) is 7.11 Å². The lowest BCUT2D eigenvalue weighted by atomic mass is 10.1. The summed E-state index contributed by atoms with van der Waals surface area (Å²) in [5, 5.41) is 0. The second-order valence-corrected chi connectivity index (χ2v) is 9.32. The van der Waals surface area contributed by atoms with E-state index in [4.69, 9.17) is 4.74 Å². The van der Waals surface area contributed by atoms with Crippen LogP contribution in [0.2, 0.25) is 0 Å². The molecule has 0 atom stereocenters. The zero-order valence-electron chi connectivity index (χ0n) is 20.4. The van der Waals surface area contributed by atoms with E-state index < -0.39 is 0 Å². The molecular weight excluding hydrogens is 428 g/mol. The van der Waals surface area contributed by atoms with Crippen molar-refractivity contribution >= 4 is 11.8 Å². The average Bonchev–Trinajstić information content (AvgIpc) is 2.87. The molecule has 0 N–H and O–H groups in total. The Hall–Kier alpha value is -2.90. The fourth-order valence-corrected chi connectivity index (χ4v) is 4.58. The minimum atomic E-state index is 0.169. The number of aryl methyl sites for hydroxylation is 1. The number of ether oxygens (including phenoxy) is 1. The highest BCUT2D eigenvalue weighted by molar-refractivity contribution is 5.79. The monoisotopic (exact) mass is 464 g/mol. The highest BCUT2D eigenvalue weighted by Gasteiger charge is 2.26. The number of carbonyl (C=O) groups is 2. The number of amides is 2. The molecule has 0 aromatic heterocycles. The van der Waals surface area contributed by atoms with Crippen molar-refractivity contribution in [2.45, 2.75) is 19.9 Å². The fraction of sp³-hybridized carbons (Fsp3) is 0.481. The molecule has 2 aromatic carbocycles. The highest BCUT2D eigenvalue weighted by Crippen LogP contribution is 2.15. The van der Waals surface area contributed by atoms with Crippen molar-refractivity contribution in [2.24, 2.45) is 0 Å². The maximum atomic E-state index is 12.9. The van der Waals surface area contributed by atoms with Crippen LogP contribution in [0.25, 0.3) is 0 Å². The molecule has 2 saturated heterocycles. The topological polar surface area (TPSA) is 56.3 Å². The van der Waals surface area contributed by atoms with Crippen molar-refractivity contribution in [3.05, 3.63) is 65.2 Å². The van der Waals surface area contributed by atoms with Crippen LogP contribution in [0.3, 0.4) is 0 Å². The van der Waals surface area contributed by atoms with Crippen LogP contribution in [0.1, 0.15) is 16.7 Å². The van der Waals surface area contributed by atoms with Gasteiger partial charge < -0.3 is 14.5 Å². The maximum Gasteiger partial charge on any atom is 0.236 e. The van der Waals surface area contributed by atoms with Crippen LogP contribution in [0.15, 0.2) is 48.5 Å². The van der Waals surface area contributed by atoms with Crippen LogP contribution < -0.4 is 4.74 Å². The van der Waals surface area contributed by atoms with Crippen LogP contribution in [0, 0.1) is 6.92 Å². The second-order valence-electron chi connectivity index (χ2n) is 9.32. The lowest BCUT2D eigenvalue weighted by Crippen LogP contribution is -2.54. The Morgan fingerprint density at radius 1 is 0.706 bits per heavy atom. The summed E-state index contributed by atoms with van der Waals surface area (Å²) in [4.78, 5) is 34.0. The van der Waals surface area contributed by atoms with E-state index in [9.17, 15) is 9.59 Å². The van der Waals surface area contributed by atoms with Crippen molar-refractivity contribution in [1.82, 2.24) is 19.6 Å². The molecule has 0 saturated carbocycles. The summed E-state index contributed by atoms with van der Waals surface area (Å²) in [6, 6.07) is 16.3. The predicted molar refractivity (Wildman–Crippen MR) is 133 cm³/mol. The first-order valence-corrected chi connectivity index (χ1v) is 12.2. The largest absolute Gasteiger partial charge is 0.497 e. The highest BCUT2D eigenvalue weighted by atomic mass is 16.5. The van der Waals surface area contributed by atoms with Gasteiger partial charge in [0.05, 0.1) is 20.1 Å². The van der Waals surface area contributed by atoms with Gasteiger partial charge in [0.2, 0.25) is 11.8 Å². The lowest BCUT2D eigenvalue weighted by Gasteiger charge is -2.38. The molecule has 182 valence electrons. The van der Waals surface area contributed by atoms with Gasteiger partial charge in [-0.25, -0.2) is 0 Å². The second kappa shape index (κ2) is 11.5. The number of methoxy groups -OCH3 is 1. The standard InChI is InChI=1S/C27H36N4O3/c1-22-3-5-23(6-4-22)19-26(32)30-15-13-29(14-16-30)21-27(33)31-17-11-28(12-18-31)20-24-7-9-25(34-2)10-8-24/h3-10H,11-21H2,1-2H3. The van der Waals surface area contributed by atoms with E-state index in [0.29, 0.717) is 26.1 Å². The average molecular weight is 465 g/mol. The third-order valence-electron chi connectivity index (χ3n) is 6.85. The molecule has 2 aromatic rings. The molecule has 0 spiro atoms. The summed E-state index contributed by atoms with van der Waals surface area (Å²) >= 11 is 0. The van der Waals surface area contributed by atoms with E-state index in [0.717, 1.165) is 57.1 Å². The Morgan fingerprint density at radius 2 is 1.24 bits per heavy atom. The molecule has 0 unspecified atom stereocenters. The first kappa shape index (κ1) is 24.2. The number of carbonyl (C=O) groups excluding carboxylic acids is 2. The van der Waals surface area contributed by atoms with Crippen molar-refractivity contribution in [1.29, 1.82) is 0 Å². The number of piperazine rings is 2. The molecule has 0 radical (unpaired) electrons. The van der Waals surface area contributed by atoms with Gasteiger partial charge in [-0.1, -0.05) is 42.0 Å². The zero-order valence-corrected chi connectivity index (χ0v) is 20.4. The molecule has 2 heterocycles. The van der Waals surface area contributed by atoms with Gasteiger partial charge in [0, 0.05) is 58.9 Å². The molecule has 2 aliphatic heterocycles. The molecule has 2 amide bonds. The van der Waals surface area contributed by atoms with Crippen LogP contribution in [-0.2, 0) is 22.6 Å². The zero-order chi connectivity index (χ0) is 23.9. The van der Waals surface area contributed by atoms with Gasteiger partial charge in [-0.15, -0.1) is 0 Å². The van der Waals surface area contributed by atoms with Crippen molar-refractivity contribution in [3.8, 4) is 5.75 Å². The van der Waals surface area contributed by atoms with Crippen molar-refractivity contribution < 1.29 is 14.3 Å². The number of benzene rings is 2. The van der Waals surface area contributed by atoms with Gasteiger partial charge in [-0.2, -0.15) is 0 Å². The normalized spacial score (nSPS) is 17.6. The Labute approximate surface area is 202 Å². The van der Waals surface area contributed by atoms with Crippen LogP contribution in [0.4, 0.5) is 0 Å². The third-order valence-corrected chi connectivity index (χ3v) is 6.85. The van der Waals surface area contributed by atoms with Crippen molar-refractivity contribution in [3.63, 3.8) is 0 Å². The van der Waals surface area contributed by atoms with E-state index in [2.05, 4.69) is 28.9 Å². The molecule has 0 bridgehead atoms. The minimum Gasteiger partial charge on any atom is -0.497 e. The van der Waals surface area contributed by atoms with Gasteiger partial charge in [0.25, 0.3) is 0 Å². The Bertz CT molecular complexity index is 945. The lowest BCUT2D eigenvalue weighted by molar-refractivity contribution is -0.136. The SMILES string of the molecule is COc1ccc(CN2CCN(C(=O)CN3CCN(C(=O)Cc4ccc(C)cc4)CC3)CC2)cc1. The molecular formula is C27H36N4O3. The molecule has 4 rings (SSSR count). The Balaban J connectivity index is 1.16. The molecule has 7 heteroatoms. The van der Waals surface area contributed by atoms with Crippen LogP contribution in [-0.4, -0.2) is 97.4 Å². The quantitative estimate of drug-likeness (QED) is 0.628. The summed E-state index contributed by atoms with van der Waals surface area (Å²) in [6.45, 7) is 9.58. The van der Waals surface area contributed by atoms with E-state index in [1.165, 1.54) is 11.1 Å². The minimum absolute atomic E-state index is 0.169. The first-order chi connectivity index (χ1) is 16.5. The summed E-state index contributed by atoms with van der Waals surface area (Å²) < 4.78 is 5.23. The molecule has 2 aliphatic rings. The Kier molecular flexibility index (Phi) is 8.19. The maximum absolute atomic E-state index is 12.9. The Morgan fingerprint density at radius 3 is 1.82 bits per heavy atom. The number of rotatable bonds is 7. The molecule has 2 fully saturated rings. The summed E-state index contributed by atoms with van der Waals surface area (Å²) in [6.07, 6.45) is 0.444. The summed E-state index contributed by atoms with van der Waals surface area (Å²) in [7, 11) is 1.68. The molecule has 34 heavy (non-hydrogen) atoms. The van der Waals surface area contributed by atoms with Crippen LogP contribution >= 0.6 is 0 Å². The van der Waals surface area contributed by atoms with E-state index in [-0.39, 0.29) is 11.8 Å². The van der Waals surface area contributed by atoms with E-state index in [1.807, 2.05) is 46.2 Å². The number of hydrogen-bond donors (Lipinski definition) is 0. The van der Waals surface area contributed by atoms with E-state index >= 15 is 0 Å². The number of hydrogen-bond acceptors (Lipinski definition) is 5. The van der Waals surface area contributed by atoms with Crippen LogP contribution in [0.5, 0.6) is 5.75 Å². The number of nitrogens with zero attached hydrogens (tertiary/aromatic N) is 4. The fourth-order valence-electron chi connectivity index (χ4n) is 4.58. The molecule has 7 nitrogen and oxygen atoms in total. The van der Waals surface area contributed by atoms with Gasteiger partial charge in [-0.05, 0) is 30.2 Å². The van der Waals surface area contributed by atoms with Gasteiger partial charge >= 0.3 is 0 Å². The summed E-state index contributed by atoms with van der Waals surface area (Å²) in [5.41, 5.74) is 3.52. The van der Waals surface area contributed by atoms with Gasteiger partial charge in [0.15, 0.2) is 0 Å². The third kappa shape index (κ3) is 6.58. The smallest absolute Gasteiger partial charge is 0.236 e. The first-order valence-electron chi connectivity index (χ1n) is 12.2. The summed E-state index contributed by atoms with van der Waals surface area (Å²) in [5.74, 6) is 1.24. The predicted octanol–water partition coefficient (Wildman–Crippen LogP) is 2.03.